The zero-order valence-corrected chi connectivity index (χ0v) is 52.1. The average molecular weight is 1280 g/mol. The van der Waals surface area contributed by atoms with Gasteiger partial charge in [-0.05, 0) is 81.3 Å². The minimum Gasteiger partial charge on any atom is -0.394 e. The number of nitrogens with one attached hydrogen (secondary N) is 12. The van der Waals surface area contributed by atoms with E-state index in [-0.39, 0.29) is 44.8 Å². The van der Waals surface area contributed by atoms with Crippen LogP contribution in [0.15, 0.2) is 53.6 Å². The predicted octanol–water partition coefficient (Wildman–Crippen LogP) is -3.01. The number of hydrogen-bond donors (Lipinski definition) is 15. The van der Waals surface area contributed by atoms with E-state index in [0.29, 0.717) is 30.5 Å². The maximum Gasteiger partial charge on any atom is 0.246 e. The fourth-order valence-electron chi connectivity index (χ4n) is 9.68. The van der Waals surface area contributed by atoms with Crippen LogP contribution in [0.25, 0.3) is 10.9 Å². The molecule has 12 amide bonds. The second-order valence-corrected chi connectivity index (χ2v) is 23.2. The third kappa shape index (κ3) is 22.9. The van der Waals surface area contributed by atoms with Crippen LogP contribution < -0.4 is 58.5 Å². The fraction of sp³-hybridized carbons (Fsp3) is 0.534. The molecule has 1 unspecified atom stereocenters. The van der Waals surface area contributed by atoms with Gasteiger partial charge in [0, 0.05) is 61.5 Å². The molecule has 2 fully saturated rings. The van der Waals surface area contributed by atoms with E-state index in [1.165, 1.54) is 18.7 Å². The molecule has 5 rings (SSSR count). The first kappa shape index (κ1) is 71.8. The van der Waals surface area contributed by atoms with Gasteiger partial charge in [-0.1, -0.05) is 50.6 Å². The zero-order chi connectivity index (χ0) is 65.3. The molecule has 0 radical (unpaired) electrons. The highest BCUT2D eigenvalue weighted by atomic mass is 32.2. The molecule has 29 nitrogen and oxygen atoms in total. The van der Waals surface area contributed by atoms with Crippen molar-refractivity contribution in [2.75, 3.05) is 71.0 Å². The number of aromatic amines is 1. The molecule has 31 heteroatoms. The molecular weight excluding hydrogens is 1200 g/mol. The second kappa shape index (κ2) is 35.9. The Bertz CT molecular complexity index is 3020. The van der Waals surface area contributed by atoms with E-state index in [1.54, 1.807) is 38.1 Å². The van der Waals surface area contributed by atoms with Crippen molar-refractivity contribution in [3.63, 3.8) is 0 Å². The number of amides is 12. The molecule has 0 aliphatic carbocycles. The summed E-state index contributed by atoms with van der Waals surface area (Å²) in [5.41, 5.74) is 2.49. The highest BCUT2D eigenvalue weighted by Gasteiger charge is 2.37. The monoisotopic (exact) mass is 1280 g/mol. The predicted molar refractivity (Wildman–Crippen MR) is 330 cm³/mol. The van der Waals surface area contributed by atoms with E-state index in [1.807, 2.05) is 37.6 Å². The lowest BCUT2D eigenvalue weighted by molar-refractivity contribution is -0.139. The molecule has 2 aromatic carbocycles. The lowest BCUT2D eigenvalue weighted by atomic mass is 9.98. The molecule has 0 bridgehead atoms. The van der Waals surface area contributed by atoms with Gasteiger partial charge in [0.1, 0.15) is 24.4 Å². The molecule has 2 aliphatic heterocycles. The van der Waals surface area contributed by atoms with Gasteiger partial charge in [0.25, 0.3) is 0 Å². The maximum absolute atomic E-state index is 14.1. The number of carbonyl (C=O) groups is 13. The Hall–Kier alpha value is -7.97. The quantitative estimate of drug-likeness (QED) is 0.0119. The fourth-order valence-corrected chi connectivity index (χ4v) is 10.6. The number of likely N-dealkylation sites (tertiary alicyclic amines) is 2. The summed E-state index contributed by atoms with van der Waals surface area (Å²) < 4.78 is 0. The Morgan fingerprint density at radius 3 is 2.07 bits per heavy atom. The summed E-state index contributed by atoms with van der Waals surface area (Å²) >= 11 is 5.44. The van der Waals surface area contributed by atoms with Crippen LogP contribution >= 0.6 is 24.4 Å². The number of nitrogens with zero attached hydrogens (tertiary/aromatic N) is 2. The number of carbonyl (C=O) groups excluding carboxylic acids is 13. The van der Waals surface area contributed by atoms with Crippen LogP contribution in [-0.4, -0.2) is 215 Å². The summed E-state index contributed by atoms with van der Waals surface area (Å²) in [6, 6.07) is 8.17. The SMILES string of the molecule is CC[C@H](C)[C@H](NC(=O)CNC(=O)[C@@H](Cc1c(SC)[nH]c2ccccc12)NC(=O)[C@H](C[C@@H](O)CO)NC[C@@H]1CCCN1C)C(=O)NCC(=O)NCC(=O)N[C@H](C=O)CC(=O)NCc1ccc(NC(=O)[C@H](C)NC(=O)CNC(=O)CCN2C(=O)CC(S)C2=O)cc1. The Balaban J connectivity index is 1.03. The number of aromatic nitrogens is 1. The van der Waals surface area contributed by atoms with Gasteiger partial charge in [0.05, 0.1) is 67.7 Å². The van der Waals surface area contributed by atoms with Crippen LogP contribution in [-0.2, 0) is 75.3 Å². The molecule has 3 heterocycles. The first-order chi connectivity index (χ1) is 42.4. The van der Waals surface area contributed by atoms with E-state index in [4.69, 9.17) is 0 Å². The molecule has 0 spiro atoms. The van der Waals surface area contributed by atoms with E-state index in [9.17, 15) is 72.5 Å². The number of thioether (sulfide) groups is 1. The summed E-state index contributed by atoms with van der Waals surface area (Å²) in [5, 5.41) is 49.3. The van der Waals surface area contributed by atoms with Crippen molar-refractivity contribution in [1.29, 1.82) is 0 Å². The third-order valence-corrected chi connectivity index (χ3v) is 16.2. The van der Waals surface area contributed by atoms with Gasteiger partial charge < -0.3 is 83.4 Å². The van der Waals surface area contributed by atoms with Gasteiger partial charge in [0.15, 0.2) is 0 Å². The highest BCUT2D eigenvalue weighted by Crippen LogP contribution is 2.30. The van der Waals surface area contributed by atoms with Crippen LogP contribution in [0.5, 0.6) is 0 Å². The molecular formula is C58H82N14O15S2. The summed E-state index contributed by atoms with van der Waals surface area (Å²) in [5.74, 6) is -8.29. The van der Waals surface area contributed by atoms with E-state index < -0.39 is 158 Å². The number of thiol groups is 1. The lowest BCUT2D eigenvalue weighted by Crippen LogP contribution is -2.57. The van der Waals surface area contributed by atoms with Crippen molar-refractivity contribution in [3.8, 4) is 0 Å². The molecule has 2 aliphatic rings. The molecule has 9 atom stereocenters. The standard InChI is InChI=1S/C58H82N14O15S2/c1-6-32(2)52(70-50(81)29-63-54(84)43(22-40-39-11-7-8-12-41(39)69-57(40)89-5)68-55(85)42(21-38(75)31-74)59-25-37-10-9-18-71(37)4)56(86)64-26-47(78)62-28-49(80)66-36(30-73)20-46(77)60-24-34-13-15-35(16-14-34)67-53(83)33(3)65-48(79)27-61-45(76)17-19-72-51(82)23-44(88)58(72)87/h7-8,11-16,30,32-33,36-38,42-44,52,59,69,74-75,88H,6,9-10,17-29,31H2,1-5H3,(H,60,77)(H,61,76)(H,62,78)(H,63,84)(H,64,86)(H,65,79)(H,66,80)(H,67,83)(H,68,85)(H,70,81)/t32-,33-,36-,37-,38+,42-,43+,44?,52-/m0/s1. The molecule has 3 aromatic rings. The van der Waals surface area contributed by atoms with Crippen LogP contribution in [0.3, 0.4) is 0 Å². The van der Waals surface area contributed by atoms with Crippen molar-refractivity contribution in [1.82, 2.24) is 68.0 Å². The van der Waals surface area contributed by atoms with Gasteiger partial charge in [-0.25, -0.2) is 0 Å². The van der Waals surface area contributed by atoms with Crippen molar-refractivity contribution < 1.29 is 72.5 Å². The average Bonchev–Trinajstić information content (AvgIpc) is 2.23. The third-order valence-electron chi connectivity index (χ3n) is 15.1. The van der Waals surface area contributed by atoms with Crippen LogP contribution in [0.4, 0.5) is 5.69 Å². The van der Waals surface area contributed by atoms with Crippen molar-refractivity contribution in [3.05, 3.63) is 59.7 Å². The summed E-state index contributed by atoms with van der Waals surface area (Å²) in [6.45, 7) is 3.14. The van der Waals surface area contributed by atoms with Crippen LogP contribution in [0.1, 0.15) is 76.8 Å². The number of likely N-dealkylation sites (N-methyl/N-ethyl adjacent to an activating group) is 1. The number of rotatable bonds is 36. The number of aldehydes is 1. The number of H-pyrrole nitrogens is 1. The molecule has 1 aromatic heterocycles. The largest absolute Gasteiger partial charge is 0.394 e. The van der Waals surface area contributed by atoms with E-state index in [0.717, 1.165) is 45.8 Å². The maximum atomic E-state index is 14.1. The minimum atomic E-state index is -1.28. The number of hydrogen-bond acceptors (Lipinski definition) is 19. The first-order valence-electron chi connectivity index (χ1n) is 29.2. The number of anilines is 1. The van der Waals surface area contributed by atoms with Gasteiger partial charge in [-0.2, -0.15) is 12.6 Å². The number of benzene rings is 2. The van der Waals surface area contributed by atoms with Gasteiger partial charge in [-0.3, -0.25) is 62.4 Å². The number of aliphatic hydroxyl groups excluding tert-OH is 2. The van der Waals surface area contributed by atoms with Crippen molar-refractivity contribution in [2.45, 2.75) is 131 Å². The molecule has 2 saturated heterocycles. The van der Waals surface area contributed by atoms with E-state index in [2.05, 4.69) is 81.0 Å². The Kier molecular flexibility index (Phi) is 28.9. The van der Waals surface area contributed by atoms with Crippen LogP contribution in [0, 0.1) is 5.92 Å². The minimum absolute atomic E-state index is 0.00247. The van der Waals surface area contributed by atoms with Crippen LogP contribution in [0.2, 0.25) is 0 Å². The molecule has 14 N–H and O–H groups in total. The Morgan fingerprint density at radius 1 is 0.775 bits per heavy atom. The normalized spacial score (nSPS) is 17.2. The number of aliphatic hydroxyl groups is 2. The second-order valence-electron chi connectivity index (χ2n) is 21.8. The van der Waals surface area contributed by atoms with Crippen molar-refractivity contribution >= 4 is 118 Å². The molecule has 0 saturated carbocycles. The molecule has 486 valence electrons. The number of fused-ring (bicyclic) bond motifs is 1. The Morgan fingerprint density at radius 2 is 1.43 bits per heavy atom. The number of para-hydroxylation sites is 1. The lowest BCUT2D eigenvalue weighted by Gasteiger charge is -2.27. The summed E-state index contributed by atoms with van der Waals surface area (Å²) in [4.78, 5) is 173. The van der Waals surface area contributed by atoms with E-state index >= 15 is 0 Å². The highest BCUT2D eigenvalue weighted by molar-refractivity contribution is 7.98. The van der Waals surface area contributed by atoms with Gasteiger partial charge in [0.2, 0.25) is 70.9 Å². The summed E-state index contributed by atoms with van der Waals surface area (Å²) in [7, 11) is 1.98. The number of imide groups is 1. The Labute approximate surface area is 524 Å². The smallest absolute Gasteiger partial charge is 0.246 e. The summed E-state index contributed by atoms with van der Waals surface area (Å²) in [6.07, 6.45) is 2.40. The topological polar surface area (TPSA) is 417 Å². The zero-order valence-electron chi connectivity index (χ0n) is 50.4. The first-order valence-corrected chi connectivity index (χ1v) is 30.9. The van der Waals surface area contributed by atoms with Gasteiger partial charge in [-0.15, -0.1) is 11.8 Å². The van der Waals surface area contributed by atoms with Crippen molar-refractivity contribution in [2.24, 2.45) is 5.92 Å². The van der Waals surface area contributed by atoms with Gasteiger partial charge >= 0.3 is 0 Å². The molecule has 89 heavy (non-hydrogen) atoms.